The number of hydrogen-bond donors (Lipinski definition) is 3. The minimum Gasteiger partial charge on any atom is -0.480 e. The number of urea groups is 1. The van der Waals surface area contributed by atoms with Crippen LogP contribution in [0.3, 0.4) is 0 Å². The third-order valence-corrected chi connectivity index (χ3v) is 5.41. The van der Waals surface area contributed by atoms with Gasteiger partial charge in [0, 0.05) is 24.4 Å². The Bertz CT molecular complexity index is 1230. The van der Waals surface area contributed by atoms with E-state index in [-0.39, 0.29) is 17.5 Å². The summed E-state index contributed by atoms with van der Waals surface area (Å²) in [6.45, 7) is 3.49. The van der Waals surface area contributed by atoms with E-state index in [9.17, 15) is 28.3 Å². The topological polar surface area (TPSA) is 98.7 Å². The predicted molar refractivity (Wildman–Crippen MR) is 129 cm³/mol. The average molecular weight is 481 g/mol. The summed E-state index contributed by atoms with van der Waals surface area (Å²) in [6.07, 6.45) is 0. The van der Waals surface area contributed by atoms with Crippen LogP contribution in [-0.4, -0.2) is 41.0 Å². The number of carbonyl (C=O) groups is 3. The van der Waals surface area contributed by atoms with Crippen molar-refractivity contribution < 1.29 is 28.3 Å². The van der Waals surface area contributed by atoms with Crippen molar-refractivity contribution in [1.29, 1.82) is 0 Å². The number of carboxylic acid groups (broad SMARTS) is 1. The first kappa shape index (κ1) is 25.4. The number of benzene rings is 3. The van der Waals surface area contributed by atoms with Gasteiger partial charge in [0.2, 0.25) is 0 Å². The van der Waals surface area contributed by atoms with Crippen molar-refractivity contribution in [2.24, 2.45) is 5.92 Å². The average Bonchev–Trinajstić information content (AvgIpc) is 2.80. The lowest BCUT2D eigenvalue weighted by Crippen LogP contribution is -2.45. The molecule has 0 saturated carbocycles. The Hall–Kier alpha value is -4.27. The maximum Gasteiger partial charge on any atom is 0.326 e. The molecule has 35 heavy (non-hydrogen) atoms. The summed E-state index contributed by atoms with van der Waals surface area (Å²) >= 11 is 0. The Balaban J connectivity index is 1.65. The second-order valence-electron chi connectivity index (χ2n) is 8.30. The zero-order chi connectivity index (χ0) is 25.7. The van der Waals surface area contributed by atoms with Crippen molar-refractivity contribution in [1.82, 2.24) is 4.90 Å². The van der Waals surface area contributed by atoms with Crippen LogP contribution in [0.1, 0.15) is 24.2 Å². The second-order valence-corrected chi connectivity index (χ2v) is 8.30. The fourth-order valence-electron chi connectivity index (χ4n) is 3.65. The Kier molecular flexibility index (Phi) is 7.80. The molecule has 0 aliphatic heterocycles. The third kappa shape index (κ3) is 6.20. The van der Waals surface area contributed by atoms with Crippen molar-refractivity contribution in [2.75, 3.05) is 17.7 Å². The van der Waals surface area contributed by atoms with Crippen LogP contribution in [0.4, 0.5) is 25.0 Å². The molecule has 0 aliphatic rings. The van der Waals surface area contributed by atoms with Gasteiger partial charge in [0.25, 0.3) is 5.91 Å². The van der Waals surface area contributed by atoms with E-state index < -0.39 is 29.7 Å². The molecule has 3 rings (SSSR count). The van der Waals surface area contributed by atoms with Gasteiger partial charge >= 0.3 is 12.0 Å². The molecule has 182 valence electrons. The van der Waals surface area contributed by atoms with E-state index >= 15 is 0 Å². The van der Waals surface area contributed by atoms with Crippen LogP contribution in [0.25, 0.3) is 11.1 Å². The zero-order valence-corrected chi connectivity index (χ0v) is 19.4. The number of rotatable bonds is 7. The van der Waals surface area contributed by atoms with Crippen molar-refractivity contribution in [2.45, 2.75) is 19.9 Å². The smallest absolute Gasteiger partial charge is 0.326 e. The second kappa shape index (κ2) is 10.8. The molecule has 0 aliphatic carbocycles. The number of hydrogen-bond acceptors (Lipinski definition) is 3. The molecule has 0 bridgehead atoms. The number of carbonyl (C=O) groups excluding carboxylic acids is 2. The number of nitrogens with zero attached hydrogens (tertiary/aromatic N) is 1. The molecule has 0 heterocycles. The molecule has 3 N–H and O–H groups in total. The molecule has 0 fully saturated rings. The molecule has 7 nitrogen and oxygen atoms in total. The monoisotopic (exact) mass is 481 g/mol. The summed E-state index contributed by atoms with van der Waals surface area (Å²) < 4.78 is 26.7. The highest BCUT2D eigenvalue weighted by Gasteiger charge is 2.30. The Labute approximate surface area is 201 Å². The van der Waals surface area contributed by atoms with Crippen LogP contribution in [0.5, 0.6) is 0 Å². The van der Waals surface area contributed by atoms with E-state index in [0.29, 0.717) is 17.3 Å². The van der Waals surface area contributed by atoms with Gasteiger partial charge in [-0.25, -0.2) is 18.4 Å². The number of likely N-dealkylation sites (N-methyl/N-ethyl adjacent to an activating group) is 1. The lowest BCUT2D eigenvalue weighted by atomic mass is 10.0. The quantitative estimate of drug-likeness (QED) is 0.418. The number of aliphatic carboxylic acids is 1. The molecule has 0 radical (unpaired) electrons. The number of anilines is 2. The Morgan fingerprint density at radius 3 is 1.94 bits per heavy atom. The summed E-state index contributed by atoms with van der Waals surface area (Å²) in [7, 11) is 1.47. The van der Waals surface area contributed by atoms with Gasteiger partial charge in [-0.05, 0) is 53.4 Å². The summed E-state index contributed by atoms with van der Waals surface area (Å²) in [4.78, 5) is 37.6. The minimum atomic E-state index is -1.06. The number of nitrogens with one attached hydrogen (secondary N) is 2. The van der Waals surface area contributed by atoms with Crippen LogP contribution in [-0.2, 0) is 4.79 Å². The summed E-state index contributed by atoms with van der Waals surface area (Å²) in [5.74, 6) is -3.32. The molecule has 0 aromatic heterocycles. The first-order chi connectivity index (χ1) is 16.6. The first-order valence-electron chi connectivity index (χ1n) is 10.8. The molecule has 0 unspecified atom stereocenters. The van der Waals surface area contributed by atoms with Crippen molar-refractivity contribution in [3.63, 3.8) is 0 Å². The summed E-state index contributed by atoms with van der Waals surface area (Å²) in [5, 5.41) is 14.3. The number of amides is 3. The van der Waals surface area contributed by atoms with Gasteiger partial charge in [0.1, 0.15) is 17.7 Å². The van der Waals surface area contributed by atoms with Crippen LogP contribution < -0.4 is 10.6 Å². The summed E-state index contributed by atoms with van der Waals surface area (Å²) in [6, 6.07) is 14.8. The molecule has 3 amide bonds. The highest BCUT2D eigenvalue weighted by atomic mass is 19.1. The third-order valence-electron chi connectivity index (χ3n) is 5.41. The maximum absolute atomic E-state index is 13.7. The van der Waals surface area contributed by atoms with Gasteiger partial charge < -0.3 is 20.6 Å². The Morgan fingerprint density at radius 2 is 1.43 bits per heavy atom. The van der Waals surface area contributed by atoms with E-state index in [2.05, 4.69) is 10.6 Å². The fourth-order valence-corrected chi connectivity index (χ4v) is 3.65. The standard InChI is InChI=1S/C26H25F2N3O4/c1-15(2)23(25(33)34)31(3)24(32)18-6-4-16(5-7-18)17-8-11-20(12-9-17)29-26(35)30-22-13-10-19(27)14-21(22)28/h4-15,23H,1-3H3,(H,33,34)(H2,29,30,35)/t23-/m0/s1. The molecule has 9 heteroatoms. The molecule has 0 spiro atoms. The van der Waals surface area contributed by atoms with Crippen LogP contribution in [0, 0.1) is 17.6 Å². The van der Waals surface area contributed by atoms with E-state index in [1.54, 1.807) is 62.4 Å². The van der Waals surface area contributed by atoms with E-state index in [1.807, 2.05) is 0 Å². The molecular formula is C26H25F2N3O4. The fraction of sp³-hybridized carbons (Fsp3) is 0.192. The normalized spacial score (nSPS) is 11.6. The van der Waals surface area contributed by atoms with Gasteiger partial charge in [0.05, 0.1) is 5.69 Å². The van der Waals surface area contributed by atoms with Crippen molar-refractivity contribution in [3.8, 4) is 11.1 Å². The van der Waals surface area contributed by atoms with E-state index in [1.165, 1.54) is 11.9 Å². The van der Waals surface area contributed by atoms with Crippen molar-refractivity contribution >= 4 is 29.3 Å². The van der Waals surface area contributed by atoms with Crippen LogP contribution in [0.2, 0.25) is 0 Å². The van der Waals surface area contributed by atoms with Gasteiger partial charge in [0.15, 0.2) is 0 Å². The van der Waals surface area contributed by atoms with E-state index in [4.69, 9.17) is 0 Å². The van der Waals surface area contributed by atoms with Crippen LogP contribution in [0.15, 0.2) is 66.7 Å². The number of halogens is 2. The van der Waals surface area contributed by atoms with Gasteiger partial charge in [-0.1, -0.05) is 38.1 Å². The van der Waals surface area contributed by atoms with Gasteiger partial charge in [-0.15, -0.1) is 0 Å². The van der Waals surface area contributed by atoms with Gasteiger partial charge in [-0.2, -0.15) is 0 Å². The van der Waals surface area contributed by atoms with E-state index in [0.717, 1.165) is 23.3 Å². The SMILES string of the molecule is CC(C)[C@@H](C(=O)O)N(C)C(=O)c1ccc(-c2ccc(NC(=O)Nc3ccc(F)cc3F)cc2)cc1. The minimum absolute atomic E-state index is 0.149. The summed E-state index contributed by atoms with van der Waals surface area (Å²) in [5.41, 5.74) is 2.30. The lowest BCUT2D eigenvalue weighted by Gasteiger charge is -2.27. The molecule has 3 aromatic carbocycles. The predicted octanol–water partition coefficient (Wildman–Crippen LogP) is 5.46. The molecular weight excluding hydrogens is 456 g/mol. The zero-order valence-electron chi connectivity index (χ0n) is 19.4. The largest absolute Gasteiger partial charge is 0.480 e. The number of carboxylic acids is 1. The first-order valence-corrected chi connectivity index (χ1v) is 10.8. The molecule has 0 saturated heterocycles. The Morgan fingerprint density at radius 1 is 0.857 bits per heavy atom. The lowest BCUT2D eigenvalue weighted by molar-refractivity contribution is -0.143. The molecule has 1 atom stereocenters. The van der Waals surface area contributed by atoms with Crippen LogP contribution >= 0.6 is 0 Å². The van der Waals surface area contributed by atoms with Crippen molar-refractivity contribution in [3.05, 3.63) is 83.9 Å². The van der Waals surface area contributed by atoms with Gasteiger partial charge in [-0.3, -0.25) is 4.79 Å². The highest BCUT2D eigenvalue weighted by molar-refractivity contribution is 6.00. The maximum atomic E-state index is 13.7. The highest BCUT2D eigenvalue weighted by Crippen LogP contribution is 2.23. The molecule has 3 aromatic rings.